The van der Waals surface area contributed by atoms with E-state index >= 15 is 0 Å². The van der Waals surface area contributed by atoms with Crippen LogP contribution < -0.4 is 10.6 Å². The van der Waals surface area contributed by atoms with Crippen LogP contribution in [0, 0.1) is 0 Å². The third kappa shape index (κ3) is 36.1. The summed E-state index contributed by atoms with van der Waals surface area (Å²) in [6, 6.07) is 0. The number of hydrogen-bond acceptors (Lipinski definition) is 3. The molecule has 0 fully saturated rings. The Kier molecular flexibility index (Phi) is 32.9. The topological polar surface area (TPSA) is 44.4 Å². The van der Waals surface area contributed by atoms with E-state index in [-0.39, 0.29) is 5.91 Å². The van der Waals surface area contributed by atoms with Gasteiger partial charge in [0.15, 0.2) is 0 Å². The minimum atomic E-state index is 0.237. The third-order valence-electron chi connectivity index (χ3n) is 6.11. The second-order valence-electron chi connectivity index (χ2n) is 10.1. The van der Waals surface area contributed by atoms with Crippen molar-refractivity contribution >= 4 is 5.91 Å². The number of rotatable bonds is 24. The number of carbonyl (C=O) groups excluding carboxylic acids is 1. The van der Waals surface area contributed by atoms with Crippen LogP contribution in [0.5, 0.6) is 0 Å². The van der Waals surface area contributed by atoms with E-state index in [1.807, 2.05) is 14.1 Å². The maximum absolute atomic E-state index is 11.7. The molecule has 0 spiro atoms. The summed E-state index contributed by atoms with van der Waals surface area (Å²) in [4.78, 5) is 13.9. The summed E-state index contributed by atoms with van der Waals surface area (Å²) >= 11 is 0. The molecule has 200 valence electrons. The second-order valence-corrected chi connectivity index (χ2v) is 10.1. The highest BCUT2D eigenvalue weighted by molar-refractivity contribution is 5.75. The van der Waals surface area contributed by atoms with Gasteiger partial charge in [0.05, 0.1) is 0 Å². The molecule has 0 aromatic rings. The SMILES string of the molecule is CCCCCCCCCCCCCCCCCCCCCC(=O)NCCCN(C)C.CNC. The molecule has 0 radical (unpaired) electrons. The molecule has 0 aliphatic carbocycles. The Labute approximate surface area is 209 Å². The fourth-order valence-electron chi connectivity index (χ4n) is 4.08. The summed E-state index contributed by atoms with van der Waals surface area (Å²) in [6.45, 7) is 4.15. The van der Waals surface area contributed by atoms with Gasteiger partial charge >= 0.3 is 0 Å². The lowest BCUT2D eigenvalue weighted by atomic mass is 10.0. The van der Waals surface area contributed by atoms with Crippen LogP contribution in [0.3, 0.4) is 0 Å². The van der Waals surface area contributed by atoms with Crippen molar-refractivity contribution in [2.24, 2.45) is 0 Å². The highest BCUT2D eigenvalue weighted by atomic mass is 16.1. The van der Waals surface area contributed by atoms with Crippen molar-refractivity contribution in [3.63, 3.8) is 0 Å². The highest BCUT2D eigenvalue weighted by Gasteiger charge is 2.01. The molecule has 0 atom stereocenters. The molecule has 1 amide bonds. The van der Waals surface area contributed by atoms with Gasteiger partial charge in [0.2, 0.25) is 5.91 Å². The van der Waals surface area contributed by atoms with Crippen LogP contribution in [0.4, 0.5) is 0 Å². The summed E-state index contributed by atoms with van der Waals surface area (Å²) in [7, 11) is 7.89. The smallest absolute Gasteiger partial charge is 0.219 e. The summed E-state index contributed by atoms with van der Waals surface area (Å²) in [6.07, 6.45) is 28.2. The zero-order valence-corrected chi connectivity index (χ0v) is 23.6. The molecule has 4 heteroatoms. The molecule has 0 saturated heterocycles. The van der Waals surface area contributed by atoms with Crippen molar-refractivity contribution in [3.05, 3.63) is 0 Å². The van der Waals surface area contributed by atoms with Crippen LogP contribution >= 0.6 is 0 Å². The summed E-state index contributed by atoms with van der Waals surface area (Å²) in [5.41, 5.74) is 0. The van der Waals surface area contributed by atoms with E-state index in [0.717, 1.165) is 25.9 Å². The molecule has 0 unspecified atom stereocenters. The lowest BCUT2D eigenvalue weighted by molar-refractivity contribution is -0.121. The lowest BCUT2D eigenvalue weighted by Gasteiger charge is -2.09. The van der Waals surface area contributed by atoms with Gasteiger partial charge in [-0.3, -0.25) is 4.79 Å². The van der Waals surface area contributed by atoms with Gasteiger partial charge < -0.3 is 15.5 Å². The maximum Gasteiger partial charge on any atom is 0.219 e. The molecule has 0 saturated carbocycles. The summed E-state index contributed by atoms with van der Waals surface area (Å²) < 4.78 is 0. The monoisotopic (exact) mass is 469 g/mol. The second kappa shape index (κ2) is 31.4. The van der Waals surface area contributed by atoms with Crippen molar-refractivity contribution in [2.45, 2.75) is 142 Å². The normalized spacial score (nSPS) is 10.8. The van der Waals surface area contributed by atoms with Gasteiger partial charge in [-0.25, -0.2) is 0 Å². The van der Waals surface area contributed by atoms with Crippen LogP contribution in [0.2, 0.25) is 0 Å². The Morgan fingerprint density at radius 3 is 1.24 bits per heavy atom. The molecule has 0 aromatic carbocycles. The number of amides is 1. The largest absolute Gasteiger partial charge is 0.356 e. The first kappa shape index (κ1) is 34.6. The first-order chi connectivity index (χ1) is 16.1. The number of nitrogens with one attached hydrogen (secondary N) is 2. The van der Waals surface area contributed by atoms with Gasteiger partial charge in [-0.15, -0.1) is 0 Å². The lowest BCUT2D eigenvalue weighted by Crippen LogP contribution is -2.26. The van der Waals surface area contributed by atoms with Crippen molar-refractivity contribution in [1.82, 2.24) is 15.5 Å². The molecular weight excluding hydrogens is 406 g/mol. The van der Waals surface area contributed by atoms with E-state index in [9.17, 15) is 4.79 Å². The van der Waals surface area contributed by atoms with E-state index in [1.165, 1.54) is 116 Å². The molecule has 0 heterocycles. The molecule has 0 aliphatic heterocycles. The molecule has 4 nitrogen and oxygen atoms in total. The first-order valence-electron chi connectivity index (χ1n) is 14.6. The van der Waals surface area contributed by atoms with Crippen molar-refractivity contribution in [1.29, 1.82) is 0 Å². The van der Waals surface area contributed by atoms with Crippen molar-refractivity contribution in [2.75, 3.05) is 41.3 Å². The van der Waals surface area contributed by atoms with Gasteiger partial charge in [0.25, 0.3) is 0 Å². The van der Waals surface area contributed by atoms with Crippen molar-refractivity contribution in [3.8, 4) is 0 Å². The highest BCUT2D eigenvalue weighted by Crippen LogP contribution is 2.14. The average molecular weight is 470 g/mol. The molecule has 0 aliphatic rings. The Bertz CT molecular complexity index is 361. The van der Waals surface area contributed by atoms with Gasteiger partial charge in [-0.1, -0.05) is 122 Å². The number of unbranched alkanes of at least 4 members (excludes halogenated alkanes) is 18. The number of hydrogen-bond donors (Lipinski definition) is 2. The standard InChI is InChI=1S/C27H56N2O.C2H7N/c1-4-5-6-7-8-9-10-11-12-13-14-15-16-17-18-19-20-21-22-24-27(30)28-25-23-26-29(2)3;1-3-2/h4-26H2,1-3H3,(H,28,30);3H,1-2H3. The Morgan fingerprint density at radius 2 is 0.909 bits per heavy atom. The van der Waals surface area contributed by atoms with E-state index in [1.54, 1.807) is 0 Å². The summed E-state index contributed by atoms with van der Waals surface area (Å²) in [5.74, 6) is 0.237. The number of nitrogens with zero attached hydrogens (tertiary/aromatic N) is 1. The zero-order valence-electron chi connectivity index (χ0n) is 23.6. The Balaban J connectivity index is 0. The first-order valence-corrected chi connectivity index (χ1v) is 14.6. The number of carbonyl (C=O) groups is 1. The fraction of sp³-hybridized carbons (Fsp3) is 0.966. The predicted molar refractivity (Wildman–Crippen MR) is 149 cm³/mol. The van der Waals surface area contributed by atoms with Crippen LogP contribution in [-0.2, 0) is 4.79 Å². The average Bonchev–Trinajstić information content (AvgIpc) is 2.78. The third-order valence-corrected chi connectivity index (χ3v) is 6.11. The molecular formula is C29H63N3O. The van der Waals surface area contributed by atoms with Crippen LogP contribution in [0.1, 0.15) is 142 Å². The van der Waals surface area contributed by atoms with E-state index in [0.29, 0.717) is 6.42 Å². The van der Waals surface area contributed by atoms with Crippen LogP contribution in [0.15, 0.2) is 0 Å². The quantitative estimate of drug-likeness (QED) is 0.142. The maximum atomic E-state index is 11.7. The molecule has 0 bridgehead atoms. The molecule has 33 heavy (non-hydrogen) atoms. The minimum absolute atomic E-state index is 0.237. The molecule has 0 rings (SSSR count). The molecule has 0 aromatic heterocycles. The van der Waals surface area contributed by atoms with Gasteiger partial charge in [-0.2, -0.15) is 0 Å². The predicted octanol–water partition coefficient (Wildman–Crippen LogP) is 7.71. The Morgan fingerprint density at radius 1 is 0.576 bits per heavy atom. The summed E-state index contributed by atoms with van der Waals surface area (Å²) in [5, 5.41) is 5.78. The van der Waals surface area contributed by atoms with Crippen LogP contribution in [-0.4, -0.2) is 52.1 Å². The molecule has 2 N–H and O–H groups in total. The van der Waals surface area contributed by atoms with Crippen molar-refractivity contribution < 1.29 is 4.79 Å². The zero-order chi connectivity index (χ0) is 24.8. The van der Waals surface area contributed by atoms with Gasteiger partial charge in [0.1, 0.15) is 0 Å². The fourth-order valence-corrected chi connectivity index (χ4v) is 4.08. The minimum Gasteiger partial charge on any atom is -0.356 e. The Hall–Kier alpha value is -0.610. The van der Waals surface area contributed by atoms with Gasteiger partial charge in [-0.05, 0) is 47.6 Å². The van der Waals surface area contributed by atoms with E-state index in [4.69, 9.17) is 0 Å². The van der Waals surface area contributed by atoms with Crippen LogP contribution in [0.25, 0.3) is 0 Å². The van der Waals surface area contributed by atoms with Gasteiger partial charge in [0, 0.05) is 13.0 Å². The van der Waals surface area contributed by atoms with E-state index < -0.39 is 0 Å². The van der Waals surface area contributed by atoms with E-state index in [2.05, 4.69) is 36.6 Å².